The molecule has 0 unspecified atom stereocenters. The lowest BCUT2D eigenvalue weighted by atomic mass is 10.2. The molecular weight excluding hydrogens is 338 g/mol. The van der Waals surface area contributed by atoms with Gasteiger partial charge >= 0.3 is 0 Å². The van der Waals surface area contributed by atoms with Crippen molar-refractivity contribution < 1.29 is 9.53 Å². The lowest BCUT2D eigenvalue weighted by Gasteiger charge is -2.07. The van der Waals surface area contributed by atoms with Crippen molar-refractivity contribution in [2.45, 2.75) is 26.3 Å². The zero-order valence-corrected chi connectivity index (χ0v) is 13.4. The number of rotatable bonds is 6. The Morgan fingerprint density at radius 2 is 2.29 bits per heavy atom. The van der Waals surface area contributed by atoms with Crippen LogP contribution >= 0.6 is 15.9 Å². The highest BCUT2D eigenvalue weighted by Crippen LogP contribution is 2.23. The number of benzene rings is 1. The van der Waals surface area contributed by atoms with Gasteiger partial charge in [0, 0.05) is 4.47 Å². The molecule has 1 amide bonds. The van der Waals surface area contributed by atoms with Gasteiger partial charge in [0.05, 0.1) is 19.2 Å². The van der Waals surface area contributed by atoms with Gasteiger partial charge in [-0.1, -0.05) is 34.4 Å². The number of halogens is 1. The second kappa shape index (κ2) is 7.16. The van der Waals surface area contributed by atoms with E-state index in [0.29, 0.717) is 17.9 Å². The summed E-state index contributed by atoms with van der Waals surface area (Å²) in [4.78, 5) is 13.7. The summed E-state index contributed by atoms with van der Waals surface area (Å²) in [6.07, 6.45) is 2.00. The third-order valence-corrected chi connectivity index (χ3v) is 3.29. The Bertz CT molecular complexity index is 629. The molecule has 2 aromatic rings. The Hall–Kier alpha value is -1.96. The summed E-state index contributed by atoms with van der Waals surface area (Å²) in [6, 6.07) is 5.19. The highest BCUT2D eigenvalue weighted by molar-refractivity contribution is 9.10. The van der Waals surface area contributed by atoms with E-state index in [0.717, 1.165) is 17.3 Å². The minimum Gasteiger partial charge on any atom is -0.496 e. The van der Waals surface area contributed by atoms with E-state index in [-0.39, 0.29) is 11.9 Å². The van der Waals surface area contributed by atoms with Crippen molar-refractivity contribution in [3.8, 4) is 5.75 Å². The summed E-state index contributed by atoms with van der Waals surface area (Å²) in [7, 11) is 1.51. The van der Waals surface area contributed by atoms with Crippen LogP contribution in [-0.2, 0) is 6.54 Å². The van der Waals surface area contributed by atoms with Crippen molar-refractivity contribution in [2.75, 3.05) is 12.4 Å². The largest absolute Gasteiger partial charge is 0.496 e. The van der Waals surface area contributed by atoms with Crippen LogP contribution in [-0.4, -0.2) is 33.2 Å². The molecular formula is C13H16BrN5O2. The molecule has 21 heavy (non-hydrogen) atoms. The van der Waals surface area contributed by atoms with Crippen LogP contribution in [0.3, 0.4) is 0 Å². The summed E-state index contributed by atoms with van der Waals surface area (Å²) in [5.41, 5.74) is 0.400. The van der Waals surface area contributed by atoms with Crippen LogP contribution in [0.4, 0.5) is 5.95 Å². The second-order valence-electron chi connectivity index (χ2n) is 4.36. The molecule has 1 N–H and O–H groups in total. The molecule has 0 bridgehead atoms. The van der Waals surface area contributed by atoms with Gasteiger partial charge in [-0.3, -0.25) is 10.1 Å². The van der Waals surface area contributed by atoms with E-state index >= 15 is 0 Å². The third-order valence-electron chi connectivity index (χ3n) is 2.80. The Morgan fingerprint density at radius 1 is 1.48 bits per heavy atom. The number of hydrogen-bond acceptors (Lipinski definition) is 5. The number of hydrogen-bond donors (Lipinski definition) is 1. The van der Waals surface area contributed by atoms with Gasteiger partial charge in [-0.05, 0) is 29.8 Å². The number of nitrogens with zero attached hydrogens (tertiary/aromatic N) is 4. The molecule has 0 aliphatic rings. The number of nitrogens with one attached hydrogen (secondary N) is 1. The zero-order chi connectivity index (χ0) is 15.2. The van der Waals surface area contributed by atoms with Crippen molar-refractivity contribution in [3.05, 3.63) is 28.2 Å². The fourth-order valence-corrected chi connectivity index (χ4v) is 2.08. The molecule has 1 aromatic carbocycles. The lowest BCUT2D eigenvalue weighted by molar-refractivity contribution is 0.102. The van der Waals surface area contributed by atoms with Gasteiger partial charge < -0.3 is 4.74 Å². The first kappa shape index (κ1) is 15.4. The van der Waals surface area contributed by atoms with E-state index in [2.05, 4.69) is 43.6 Å². The monoisotopic (exact) mass is 353 g/mol. The Kier molecular flexibility index (Phi) is 5.26. The molecule has 0 spiro atoms. The van der Waals surface area contributed by atoms with E-state index in [1.165, 1.54) is 11.9 Å². The quantitative estimate of drug-likeness (QED) is 0.862. The SMILES string of the molecule is CCCCn1nnc(NC(=O)c2cc(Br)ccc2OC)n1. The van der Waals surface area contributed by atoms with Gasteiger partial charge in [-0.2, -0.15) is 4.80 Å². The van der Waals surface area contributed by atoms with Crippen molar-refractivity contribution in [1.29, 1.82) is 0 Å². The molecule has 0 fully saturated rings. The third kappa shape index (κ3) is 4.01. The molecule has 8 heteroatoms. The second-order valence-corrected chi connectivity index (χ2v) is 5.28. The van der Waals surface area contributed by atoms with Crippen molar-refractivity contribution in [3.63, 3.8) is 0 Å². The zero-order valence-electron chi connectivity index (χ0n) is 11.8. The van der Waals surface area contributed by atoms with Gasteiger partial charge in [-0.15, -0.1) is 5.10 Å². The molecule has 0 aliphatic heterocycles. The number of carbonyl (C=O) groups excluding carboxylic acids is 1. The van der Waals surface area contributed by atoms with E-state index in [4.69, 9.17) is 4.74 Å². The number of aromatic nitrogens is 4. The minimum absolute atomic E-state index is 0.179. The predicted octanol–water partition coefficient (Wildman–Crippen LogP) is 2.50. The molecule has 0 radical (unpaired) electrons. The van der Waals surface area contributed by atoms with Crippen molar-refractivity contribution >= 4 is 27.8 Å². The smallest absolute Gasteiger partial charge is 0.270 e. The Labute approximate surface area is 130 Å². The Morgan fingerprint density at radius 3 is 3.00 bits per heavy atom. The van der Waals surface area contributed by atoms with Crippen LogP contribution in [0, 0.1) is 0 Å². The molecule has 0 atom stereocenters. The Balaban J connectivity index is 2.10. The number of ether oxygens (including phenoxy) is 1. The maximum atomic E-state index is 12.2. The van der Waals surface area contributed by atoms with Crippen LogP contribution in [0.15, 0.2) is 22.7 Å². The van der Waals surface area contributed by atoms with Crippen LogP contribution in [0.5, 0.6) is 5.75 Å². The topological polar surface area (TPSA) is 81.9 Å². The summed E-state index contributed by atoms with van der Waals surface area (Å²) >= 11 is 3.33. The average molecular weight is 354 g/mol. The van der Waals surface area contributed by atoms with Gasteiger partial charge in [0.25, 0.3) is 11.9 Å². The number of unbranched alkanes of at least 4 members (excludes halogenated alkanes) is 1. The number of carbonyl (C=O) groups is 1. The van der Waals surface area contributed by atoms with E-state index in [9.17, 15) is 4.79 Å². The average Bonchev–Trinajstić information content (AvgIpc) is 2.92. The highest BCUT2D eigenvalue weighted by atomic mass is 79.9. The maximum absolute atomic E-state index is 12.2. The minimum atomic E-state index is -0.344. The number of tetrazole rings is 1. The van der Waals surface area contributed by atoms with Crippen molar-refractivity contribution in [1.82, 2.24) is 20.2 Å². The van der Waals surface area contributed by atoms with Gasteiger partial charge in [-0.25, -0.2) is 0 Å². The normalized spacial score (nSPS) is 10.4. The number of aryl methyl sites for hydroxylation is 1. The predicted molar refractivity (Wildman–Crippen MR) is 81.4 cm³/mol. The van der Waals surface area contributed by atoms with Gasteiger partial charge in [0.1, 0.15) is 5.75 Å². The summed E-state index contributed by atoms with van der Waals surface area (Å²) in [6.45, 7) is 2.76. The van der Waals surface area contributed by atoms with Crippen molar-refractivity contribution in [2.24, 2.45) is 0 Å². The fourth-order valence-electron chi connectivity index (χ4n) is 1.71. The number of methoxy groups -OCH3 is 1. The summed E-state index contributed by atoms with van der Waals surface area (Å²) in [5.74, 6) is 0.315. The molecule has 1 aromatic heterocycles. The van der Waals surface area contributed by atoms with E-state index in [1.807, 2.05) is 0 Å². The first-order valence-electron chi connectivity index (χ1n) is 6.56. The first-order valence-corrected chi connectivity index (χ1v) is 7.36. The molecule has 0 saturated carbocycles. The highest BCUT2D eigenvalue weighted by Gasteiger charge is 2.15. The first-order chi connectivity index (χ1) is 10.1. The maximum Gasteiger partial charge on any atom is 0.270 e. The summed E-state index contributed by atoms with van der Waals surface area (Å²) < 4.78 is 5.96. The molecule has 0 aliphatic carbocycles. The van der Waals surface area contributed by atoms with Crippen LogP contribution in [0.25, 0.3) is 0 Å². The van der Waals surface area contributed by atoms with Gasteiger partial charge in [0.2, 0.25) is 0 Å². The fraction of sp³-hybridized carbons (Fsp3) is 0.385. The molecule has 112 valence electrons. The van der Waals surface area contributed by atoms with E-state index < -0.39 is 0 Å². The van der Waals surface area contributed by atoms with Crippen LogP contribution in [0.1, 0.15) is 30.1 Å². The molecule has 2 rings (SSSR count). The van der Waals surface area contributed by atoms with Crippen LogP contribution < -0.4 is 10.1 Å². The molecule has 7 nitrogen and oxygen atoms in total. The number of amides is 1. The lowest BCUT2D eigenvalue weighted by Crippen LogP contribution is -2.14. The summed E-state index contributed by atoms with van der Waals surface area (Å²) in [5, 5.41) is 14.4. The molecule has 1 heterocycles. The number of anilines is 1. The molecule has 0 saturated heterocycles. The van der Waals surface area contributed by atoms with Crippen LogP contribution in [0.2, 0.25) is 0 Å². The van der Waals surface area contributed by atoms with E-state index in [1.54, 1.807) is 18.2 Å². The standard InChI is InChI=1S/C13H16BrN5O2/c1-3-4-7-19-17-13(16-18-19)15-12(20)10-8-9(14)5-6-11(10)21-2/h5-6,8H,3-4,7H2,1-2H3,(H,15,17,20). The van der Waals surface area contributed by atoms with Gasteiger partial charge in [0.15, 0.2) is 0 Å².